The van der Waals surface area contributed by atoms with E-state index in [1.807, 2.05) is 23.9 Å². The first kappa shape index (κ1) is 9.09. The van der Waals surface area contributed by atoms with Crippen molar-refractivity contribution < 1.29 is 4.42 Å². The molecule has 1 atom stereocenters. The van der Waals surface area contributed by atoms with Gasteiger partial charge in [-0.3, -0.25) is 4.98 Å². The number of hydrogen-bond acceptors (Lipinski definition) is 3. The Balaban J connectivity index is 2.17. The molecule has 1 aromatic heterocycles. The number of fused-ring (bicyclic) bond motifs is 1. The molecule has 78 valence electrons. The van der Waals surface area contributed by atoms with E-state index in [2.05, 4.69) is 18.0 Å². The molecule has 15 heavy (non-hydrogen) atoms. The molecule has 4 heteroatoms. The fourth-order valence-corrected chi connectivity index (χ4v) is 3.02. The van der Waals surface area contributed by atoms with Crippen LogP contribution in [0.4, 0.5) is 0 Å². The van der Waals surface area contributed by atoms with Gasteiger partial charge in [0.2, 0.25) is 0 Å². The number of aromatic amines is 1. The van der Waals surface area contributed by atoms with E-state index in [9.17, 15) is 4.79 Å². The molecule has 1 fully saturated rings. The average molecular weight is 221 g/mol. The first-order valence-corrected chi connectivity index (χ1v) is 5.93. The summed E-state index contributed by atoms with van der Waals surface area (Å²) >= 11 is 1.95. The summed E-state index contributed by atoms with van der Waals surface area (Å²) in [5, 5.41) is 0. The molecule has 3 nitrogen and oxygen atoms in total. The molecule has 0 spiro atoms. The van der Waals surface area contributed by atoms with Crippen LogP contribution in [0.2, 0.25) is 0 Å². The van der Waals surface area contributed by atoms with Crippen LogP contribution in [0, 0.1) is 0 Å². The number of aromatic nitrogens is 1. The van der Waals surface area contributed by atoms with E-state index in [1.54, 1.807) is 0 Å². The lowest BCUT2D eigenvalue weighted by Gasteiger charge is -2.38. The van der Waals surface area contributed by atoms with Gasteiger partial charge in [0, 0.05) is 4.75 Å². The van der Waals surface area contributed by atoms with Crippen molar-refractivity contribution in [2.45, 2.75) is 18.1 Å². The number of oxazole rings is 1. The Bertz CT molecular complexity index is 565. The number of H-pyrrole nitrogens is 1. The molecule has 3 rings (SSSR count). The average Bonchev–Trinajstić information content (AvgIpc) is 2.53. The van der Waals surface area contributed by atoms with E-state index in [0.29, 0.717) is 5.58 Å². The van der Waals surface area contributed by atoms with Gasteiger partial charge in [-0.1, -0.05) is 6.07 Å². The summed E-state index contributed by atoms with van der Waals surface area (Å²) in [6.45, 7) is 2.23. The second kappa shape index (κ2) is 2.92. The van der Waals surface area contributed by atoms with Gasteiger partial charge < -0.3 is 4.42 Å². The topological polar surface area (TPSA) is 46.0 Å². The maximum Gasteiger partial charge on any atom is 0.417 e. The largest absolute Gasteiger partial charge is 0.417 e. The maximum atomic E-state index is 11.0. The van der Waals surface area contributed by atoms with Gasteiger partial charge in [0.05, 0.1) is 5.52 Å². The van der Waals surface area contributed by atoms with Crippen molar-refractivity contribution >= 4 is 22.9 Å². The number of thioether (sulfide) groups is 1. The van der Waals surface area contributed by atoms with E-state index in [0.717, 1.165) is 5.52 Å². The second-order valence-electron chi connectivity index (χ2n) is 4.05. The van der Waals surface area contributed by atoms with Crippen LogP contribution in [0.5, 0.6) is 0 Å². The van der Waals surface area contributed by atoms with Gasteiger partial charge in [0.1, 0.15) is 0 Å². The first-order chi connectivity index (χ1) is 7.17. The Labute approximate surface area is 90.9 Å². The molecule has 0 aliphatic carbocycles. The van der Waals surface area contributed by atoms with Gasteiger partial charge in [-0.25, -0.2) is 4.79 Å². The van der Waals surface area contributed by atoms with Crippen molar-refractivity contribution in [2.75, 3.05) is 5.75 Å². The maximum absolute atomic E-state index is 11.0. The highest BCUT2D eigenvalue weighted by Gasteiger charge is 2.34. The van der Waals surface area contributed by atoms with E-state index in [4.69, 9.17) is 4.42 Å². The molecular formula is C11H11NO2S. The van der Waals surface area contributed by atoms with Gasteiger partial charge in [-0.2, -0.15) is 11.8 Å². The van der Waals surface area contributed by atoms with Gasteiger partial charge in [-0.15, -0.1) is 0 Å². The highest BCUT2D eigenvalue weighted by Crippen LogP contribution is 2.49. The summed E-state index contributed by atoms with van der Waals surface area (Å²) in [7, 11) is 0. The van der Waals surface area contributed by atoms with Crippen LogP contribution in [0.15, 0.2) is 27.4 Å². The molecule has 0 radical (unpaired) electrons. The zero-order chi connectivity index (χ0) is 10.5. The van der Waals surface area contributed by atoms with Crippen molar-refractivity contribution in [3.63, 3.8) is 0 Å². The Morgan fingerprint density at radius 1 is 1.53 bits per heavy atom. The summed E-state index contributed by atoms with van der Waals surface area (Å²) < 4.78 is 5.26. The quantitative estimate of drug-likeness (QED) is 0.804. The number of hydrogen-bond donors (Lipinski definition) is 1. The molecule has 0 bridgehead atoms. The molecule has 1 aliphatic rings. The van der Waals surface area contributed by atoms with Crippen LogP contribution >= 0.6 is 11.8 Å². The minimum Gasteiger partial charge on any atom is -0.408 e. The molecule has 1 saturated heterocycles. The van der Waals surface area contributed by atoms with Crippen molar-refractivity contribution in [3.05, 3.63) is 34.3 Å². The summed E-state index contributed by atoms with van der Waals surface area (Å²) in [6.07, 6.45) is 1.19. The Hall–Kier alpha value is -1.16. The summed E-state index contributed by atoms with van der Waals surface area (Å²) in [5.74, 6) is 0.833. The minimum atomic E-state index is -0.381. The van der Waals surface area contributed by atoms with Crippen LogP contribution in [0.25, 0.3) is 11.1 Å². The Morgan fingerprint density at radius 2 is 2.33 bits per heavy atom. The SMILES string of the molecule is CC1(c2ccc3[nH]c(=O)oc3c2)CCS1. The molecule has 1 unspecified atom stereocenters. The lowest BCUT2D eigenvalue weighted by Crippen LogP contribution is -2.27. The molecule has 2 heterocycles. The first-order valence-electron chi connectivity index (χ1n) is 4.95. The van der Waals surface area contributed by atoms with Crippen molar-refractivity contribution in [1.29, 1.82) is 0 Å². The van der Waals surface area contributed by atoms with Gasteiger partial charge in [0.25, 0.3) is 0 Å². The molecular weight excluding hydrogens is 210 g/mol. The zero-order valence-corrected chi connectivity index (χ0v) is 9.19. The van der Waals surface area contributed by atoms with Crippen molar-refractivity contribution in [1.82, 2.24) is 4.98 Å². The third kappa shape index (κ3) is 1.32. The third-order valence-corrected chi connectivity index (χ3v) is 4.52. The summed E-state index contributed by atoms with van der Waals surface area (Å²) in [5.41, 5.74) is 2.68. The van der Waals surface area contributed by atoms with Gasteiger partial charge in [0.15, 0.2) is 5.58 Å². The van der Waals surface area contributed by atoms with Crippen LogP contribution in [0.3, 0.4) is 0 Å². The standard InChI is InChI=1S/C11H11NO2S/c1-11(4-5-15-11)7-2-3-8-9(6-7)14-10(13)12-8/h2-3,6H,4-5H2,1H3,(H,12,13). The van der Waals surface area contributed by atoms with Crippen LogP contribution in [-0.2, 0) is 4.75 Å². The van der Waals surface area contributed by atoms with Crippen molar-refractivity contribution in [3.8, 4) is 0 Å². The fourth-order valence-electron chi connectivity index (χ4n) is 1.91. The summed E-state index contributed by atoms with van der Waals surface area (Å²) in [6, 6.07) is 5.96. The normalized spacial score (nSPS) is 25.4. The van der Waals surface area contributed by atoms with Crippen LogP contribution in [-0.4, -0.2) is 10.7 Å². The zero-order valence-electron chi connectivity index (χ0n) is 8.37. The molecule has 0 saturated carbocycles. The fraction of sp³-hybridized carbons (Fsp3) is 0.364. The lowest BCUT2D eigenvalue weighted by molar-refractivity contribution is 0.553. The smallest absolute Gasteiger partial charge is 0.408 e. The van der Waals surface area contributed by atoms with E-state index in [-0.39, 0.29) is 10.5 Å². The number of nitrogens with one attached hydrogen (secondary N) is 1. The number of benzene rings is 1. The molecule has 0 amide bonds. The number of rotatable bonds is 1. The summed E-state index contributed by atoms with van der Waals surface area (Å²) in [4.78, 5) is 13.7. The molecule has 2 aromatic rings. The minimum absolute atomic E-state index is 0.212. The van der Waals surface area contributed by atoms with Crippen molar-refractivity contribution in [2.24, 2.45) is 0 Å². The molecule has 1 aliphatic heterocycles. The highest BCUT2D eigenvalue weighted by molar-refractivity contribution is 8.01. The third-order valence-electron chi connectivity index (χ3n) is 3.03. The molecule has 1 aromatic carbocycles. The Morgan fingerprint density at radius 3 is 3.00 bits per heavy atom. The van der Waals surface area contributed by atoms with E-state index >= 15 is 0 Å². The predicted molar refractivity (Wildman–Crippen MR) is 61.3 cm³/mol. The monoisotopic (exact) mass is 221 g/mol. The molecule has 1 N–H and O–H groups in total. The van der Waals surface area contributed by atoms with Gasteiger partial charge >= 0.3 is 5.76 Å². The Kier molecular flexibility index (Phi) is 1.77. The lowest BCUT2D eigenvalue weighted by atomic mass is 9.96. The second-order valence-corrected chi connectivity index (χ2v) is 5.65. The van der Waals surface area contributed by atoms with E-state index < -0.39 is 0 Å². The van der Waals surface area contributed by atoms with Crippen LogP contribution < -0.4 is 5.76 Å². The van der Waals surface area contributed by atoms with Gasteiger partial charge in [-0.05, 0) is 36.8 Å². The van der Waals surface area contributed by atoms with Crippen LogP contribution in [0.1, 0.15) is 18.9 Å². The van der Waals surface area contributed by atoms with E-state index in [1.165, 1.54) is 17.7 Å². The highest BCUT2D eigenvalue weighted by atomic mass is 32.2. The predicted octanol–water partition coefficient (Wildman–Crippen LogP) is 2.47.